The van der Waals surface area contributed by atoms with Crippen molar-refractivity contribution in [1.82, 2.24) is 20.0 Å². The third kappa shape index (κ3) is 4.41. The van der Waals surface area contributed by atoms with Crippen molar-refractivity contribution in [2.45, 2.75) is 71.1 Å². The van der Waals surface area contributed by atoms with Gasteiger partial charge in [-0.2, -0.15) is 5.10 Å². The Bertz CT molecular complexity index is 774. The number of aryl methyl sites for hydroxylation is 2. The molecule has 5 heteroatoms. The Kier molecular flexibility index (Phi) is 5.58. The first-order chi connectivity index (χ1) is 13.2. The van der Waals surface area contributed by atoms with Gasteiger partial charge in [0.05, 0.1) is 17.9 Å². The van der Waals surface area contributed by atoms with Crippen molar-refractivity contribution in [3.63, 3.8) is 0 Å². The highest BCUT2D eigenvalue weighted by Crippen LogP contribution is 2.26. The molecule has 2 heterocycles. The second-order valence-corrected chi connectivity index (χ2v) is 8.01. The number of carbonyl (C=O) groups excluding carboxylic acids is 1. The maximum Gasteiger partial charge on any atom is 0.251 e. The maximum absolute atomic E-state index is 12.3. The highest BCUT2D eigenvalue weighted by Gasteiger charge is 2.24. The Balaban J connectivity index is 1.38. The van der Waals surface area contributed by atoms with Crippen LogP contribution in [0.3, 0.4) is 0 Å². The number of aromatic nitrogens is 2. The highest BCUT2D eigenvalue weighted by atomic mass is 16.1. The van der Waals surface area contributed by atoms with E-state index in [1.807, 2.05) is 31.2 Å². The number of hydrogen-bond acceptors (Lipinski definition) is 3. The van der Waals surface area contributed by atoms with Crippen LogP contribution >= 0.6 is 0 Å². The summed E-state index contributed by atoms with van der Waals surface area (Å²) in [6, 6.07) is 10.6. The summed E-state index contributed by atoms with van der Waals surface area (Å²) in [5, 5.41) is 7.75. The molecule has 1 amide bonds. The maximum atomic E-state index is 12.3. The number of benzene rings is 1. The first-order valence-electron chi connectivity index (χ1n) is 10.3. The lowest BCUT2D eigenvalue weighted by Gasteiger charge is -2.33. The number of carbonyl (C=O) groups is 1. The SMILES string of the molecule is Cc1ccc(C(=O)NCc2cc3n(n2)CCCN(C2CCCCC2)C3)cc1. The van der Waals surface area contributed by atoms with E-state index in [2.05, 4.69) is 21.0 Å². The van der Waals surface area contributed by atoms with E-state index in [0.717, 1.165) is 36.8 Å². The van der Waals surface area contributed by atoms with E-state index in [-0.39, 0.29) is 5.91 Å². The number of nitrogens with one attached hydrogen (secondary N) is 1. The average Bonchev–Trinajstić information content (AvgIpc) is 2.97. The van der Waals surface area contributed by atoms with Crippen LogP contribution in [0.2, 0.25) is 0 Å². The van der Waals surface area contributed by atoms with E-state index < -0.39 is 0 Å². The zero-order chi connectivity index (χ0) is 18.6. The van der Waals surface area contributed by atoms with Crippen molar-refractivity contribution in [3.05, 3.63) is 52.8 Å². The molecule has 144 valence electrons. The second-order valence-electron chi connectivity index (χ2n) is 8.01. The zero-order valence-electron chi connectivity index (χ0n) is 16.3. The van der Waals surface area contributed by atoms with Crippen molar-refractivity contribution in [1.29, 1.82) is 0 Å². The number of nitrogens with zero attached hydrogens (tertiary/aromatic N) is 3. The van der Waals surface area contributed by atoms with Crippen LogP contribution in [0.5, 0.6) is 0 Å². The molecule has 1 aliphatic carbocycles. The van der Waals surface area contributed by atoms with Gasteiger partial charge in [-0.25, -0.2) is 0 Å². The second kappa shape index (κ2) is 8.26. The van der Waals surface area contributed by atoms with Gasteiger partial charge in [0, 0.05) is 31.2 Å². The van der Waals surface area contributed by atoms with E-state index in [1.54, 1.807) is 0 Å². The predicted octanol–water partition coefficient (Wildman–Crippen LogP) is 3.66. The summed E-state index contributed by atoms with van der Waals surface area (Å²) in [4.78, 5) is 15.0. The molecule has 0 atom stereocenters. The van der Waals surface area contributed by atoms with Crippen LogP contribution in [0, 0.1) is 6.92 Å². The van der Waals surface area contributed by atoms with Gasteiger partial charge in [-0.3, -0.25) is 14.4 Å². The van der Waals surface area contributed by atoms with Crippen molar-refractivity contribution in [2.75, 3.05) is 6.54 Å². The molecule has 1 fully saturated rings. The Morgan fingerprint density at radius 3 is 2.67 bits per heavy atom. The van der Waals surface area contributed by atoms with E-state index >= 15 is 0 Å². The number of fused-ring (bicyclic) bond motifs is 1. The molecule has 1 aliphatic heterocycles. The summed E-state index contributed by atoms with van der Waals surface area (Å²) in [5.74, 6) is -0.0398. The normalized spacial score (nSPS) is 18.7. The molecule has 2 aromatic rings. The van der Waals surface area contributed by atoms with Crippen LogP contribution in [-0.4, -0.2) is 33.2 Å². The molecule has 27 heavy (non-hydrogen) atoms. The molecule has 0 bridgehead atoms. The molecule has 0 spiro atoms. The van der Waals surface area contributed by atoms with E-state index in [4.69, 9.17) is 5.10 Å². The topological polar surface area (TPSA) is 50.2 Å². The van der Waals surface area contributed by atoms with Crippen molar-refractivity contribution >= 4 is 5.91 Å². The minimum atomic E-state index is -0.0398. The molecule has 2 aliphatic rings. The summed E-state index contributed by atoms with van der Waals surface area (Å²) in [5.41, 5.74) is 4.10. The van der Waals surface area contributed by atoms with Crippen molar-refractivity contribution in [3.8, 4) is 0 Å². The Hall–Kier alpha value is -2.14. The van der Waals surface area contributed by atoms with Crippen LogP contribution in [0.25, 0.3) is 0 Å². The van der Waals surface area contributed by atoms with Crippen molar-refractivity contribution < 1.29 is 4.79 Å². The third-order valence-electron chi connectivity index (χ3n) is 5.93. The lowest BCUT2D eigenvalue weighted by atomic mass is 9.94. The molecule has 0 radical (unpaired) electrons. The monoisotopic (exact) mass is 366 g/mol. The van der Waals surface area contributed by atoms with Gasteiger partial charge in [-0.1, -0.05) is 37.0 Å². The molecule has 1 aromatic heterocycles. The smallest absolute Gasteiger partial charge is 0.251 e. The summed E-state index contributed by atoms with van der Waals surface area (Å²) in [6.45, 7) is 5.65. The van der Waals surface area contributed by atoms with Gasteiger partial charge in [0.15, 0.2) is 0 Å². The van der Waals surface area contributed by atoms with Crippen LogP contribution in [0.1, 0.15) is 65.8 Å². The fraction of sp³-hybridized carbons (Fsp3) is 0.545. The third-order valence-corrected chi connectivity index (χ3v) is 5.93. The average molecular weight is 367 g/mol. The Morgan fingerprint density at radius 2 is 1.89 bits per heavy atom. The van der Waals surface area contributed by atoms with Gasteiger partial charge >= 0.3 is 0 Å². The van der Waals surface area contributed by atoms with Gasteiger partial charge in [-0.15, -0.1) is 0 Å². The Morgan fingerprint density at radius 1 is 1.11 bits per heavy atom. The van der Waals surface area contributed by atoms with Gasteiger partial charge in [0.25, 0.3) is 5.91 Å². The van der Waals surface area contributed by atoms with E-state index in [0.29, 0.717) is 12.1 Å². The van der Waals surface area contributed by atoms with Crippen LogP contribution in [-0.2, 0) is 19.6 Å². The van der Waals surface area contributed by atoms with Gasteiger partial charge in [0.1, 0.15) is 0 Å². The van der Waals surface area contributed by atoms with Gasteiger partial charge < -0.3 is 5.32 Å². The summed E-state index contributed by atoms with van der Waals surface area (Å²) < 4.78 is 2.15. The van der Waals surface area contributed by atoms with E-state index in [9.17, 15) is 4.79 Å². The van der Waals surface area contributed by atoms with Crippen molar-refractivity contribution in [2.24, 2.45) is 0 Å². The molecule has 1 saturated carbocycles. The minimum absolute atomic E-state index is 0.0398. The lowest BCUT2D eigenvalue weighted by molar-refractivity contribution is 0.0950. The molecular weight excluding hydrogens is 336 g/mol. The summed E-state index contributed by atoms with van der Waals surface area (Å²) >= 11 is 0. The van der Waals surface area contributed by atoms with Gasteiger partial charge in [0.2, 0.25) is 0 Å². The van der Waals surface area contributed by atoms with Crippen LogP contribution in [0.15, 0.2) is 30.3 Å². The predicted molar refractivity (Wildman–Crippen MR) is 106 cm³/mol. The standard InChI is InChI=1S/C22H30N4O/c1-17-8-10-18(11-9-17)22(27)23-15-19-14-21-16-25(12-5-13-26(21)24-19)20-6-3-2-4-7-20/h8-11,14,20H,2-7,12-13,15-16H2,1H3,(H,23,27). The number of amides is 1. The molecule has 5 nitrogen and oxygen atoms in total. The summed E-state index contributed by atoms with van der Waals surface area (Å²) in [6.07, 6.45) is 7.97. The van der Waals surface area contributed by atoms with Gasteiger partial charge in [-0.05, 0) is 44.4 Å². The fourth-order valence-electron chi connectivity index (χ4n) is 4.37. The van der Waals surface area contributed by atoms with Crippen LogP contribution in [0.4, 0.5) is 0 Å². The van der Waals surface area contributed by atoms with E-state index in [1.165, 1.54) is 44.3 Å². The first-order valence-corrected chi connectivity index (χ1v) is 10.3. The highest BCUT2D eigenvalue weighted by molar-refractivity contribution is 5.94. The molecule has 0 saturated heterocycles. The molecule has 0 unspecified atom stereocenters. The Labute approximate surface area is 161 Å². The minimum Gasteiger partial charge on any atom is -0.346 e. The first kappa shape index (κ1) is 18.2. The van der Waals surface area contributed by atoms with Crippen LogP contribution < -0.4 is 5.32 Å². The zero-order valence-corrected chi connectivity index (χ0v) is 16.3. The number of hydrogen-bond donors (Lipinski definition) is 1. The largest absolute Gasteiger partial charge is 0.346 e. The quantitative estimate of drug-likeness (QED) is 0.898. The summed E-state index contributed by atoms with van der Waals surface area (Å²) in [7, 11) is 0. The molecule has 1 N–H and O–H groups in total. The molecule has 4 rings (SSSR count). The molecule has 1 aromatic carbocycles. The lowest BCUT2D eigenvalue weighted by Crippen LogP contribution is -2.36. The fourth-order valence-corrected chi connectivity index (χ4v) is 4.37. The molecular formula is C22H30N4O. The number of rotatable bonds is 4.